The Hall–Kier alpha value is -0.390. The topological polar surface area (TPSA) is 41.1 Å². The number of hydrogen-bond donors (Lipinski definition) is 2. The smallest absolute Gasteiger partial charge is 0.231 e. The molecule has 2 N–H and O–H groups in total. The zero-order chi connectivity index (χ0) is 13.2. The Morgan fingerprint density at radius 3 is 2.89 bits per heavy atom. The van der Waals surface area contributed by atoms with Crippen LogP contribution in [-0.4, -0.2) is 19.0 Å². The summed E-state index contributed by atoms with van der Waals surface area (Å²) >= 11 is 6.86. The average Bonchev–Trinajstić information content (AvgIpc) is 2.35. The highest BCUT2D eigenvalue weighted by Gasteiger charge is 2.34. The van der Waals surface area contributed by atoms with Crippen molar-refractivity contribution in [3.63, 3.8) is 0 Å². The van der Waals surface area contributed by atoms with Crippen LogP contribution in [-0.2, 0) is 4.79 Å². The van der Waals surface area contributed by atoms with Crippen LogP contribution in [0.5, 0.6) is 0 Å². The molecule has 18 heavy (non-hydrogen) atoms. The van der Waals surface area contributed by atoms with Crippen molar-refractivity contribution in [3.05, 3.63) is 27.1 Å². The summed E-state index contributed by atoms with van der Waals surface area (Å²) in [4.78, 5) is 12.4. The van der Waals surface area contributed by atoms with Crippen LogP contribution in [0.3, 0.4) is 0 Å². The molecule has 98 valence electrons. The molecule has 1 atom stereocenters. The van der Waals surface area contributed by atoms with Crippen molar-refractivity contribution in [1.82, 2.24) is 5.32 Å². The highest BCUT2D eigenvalue weighted by molar-refractivity contribution is 9.11. The average molecular weight is 376 g/mol. The second kappa shape index (κ2) is 5.72. The van der Waals surface area contributed by atoms with Crippen molar-refractivity contribution in [1.29, 1.82) is 0 Å². The van der Waals surface area contributed by atoms with E-state index in [2.05, 4.69) is 42.5 Å². The largest absolute Gasteiger partial charge is 0.325 e. The van der Waals surface area contributed by atoms with E-state index in [1.807, 2.05) is 25.1 Å². The minimum Gasteiger partial charge on any atom is -0.325 e. The number of benzene rings is 1. The molecule has 0 saturated carbocycles. The highest BCUT2D eigenvalue weighted by Crippen LogP contribution is 2.31. The van der Waals surface area contributed by atoms with Gasteiger partial charge in [0.1, 0.15) is 0 Å². The predicted molar refractivity (Wildman–Crippen MR) is 80.7 cm³/mol. The predicted octanol–water partition coefficient (Wildman–Crippen LogP) is 3.54. The molecule has 5 heteroatoms. The number of nitrogens with one attached hydrogen (secondary N) is 2. The van der Waals surface area contributed by atoms with Gasteiger partial charge in [0.2, 0.25) is 5.91 Å². The monoisotopic (exact) mass is 374 g/mol. The van der Waals surface area contributed by atoms with Crippen LogP contribution >= 0.6 is 31.9 Å². The number of halogens is 2. The molecule has 1 aromatic carbocycles. The van der Waals surface area contributed by atoms with Gasteiger partial charge >= 0.3 is 0 Å². The van der Waals surface area contributed by atoms with Gasteiger partial charge in [0.25, 0.3) is 0 Å². The number of amides is 1. The summed E-state index contributed by atoms with van der Waals surface area (Å²) in [5.41, 5.74) is 0.487. The van der Waals surface area contributed by atoms with Gasteiger partial charge < -0.3 is 10.6 Å². The highest BCUT2D eigenvalue weighted by atomic mass is 79.9. The van der Waals surface area contributed by atoms with Gasteiger partial charge in [-0.3, -0.25) is 4.79 Å². The summed E-state index contributed by atoms with van der Waals surface area (Å²) in [6, 6.07) is 5.76. The van der Waals surface area contributed by atoms with Crippen molar-refractivity contribution in [2.24, 2.45) is 5.41 Å². The standard InChI is InChI=1S/C13H16Br2N2O/c1-13(5-2-6-16-8-13)12(18)17-11-7-9(14)3-4-10(11)15/h3-4,7,16H,2,5-6,8H2,1H3,(H,17,18). The minimum atomic E-state index is -0.319. The maximum Gasteiger partial charge on any atom is 0.231 e. The fourth-order valence-electron chi connectivity index (χ4n) is 2.12. The van der Waals surface area contributed by atoms with Gasteiger partial charge in [0, 0.05) is 15.5 Å². The van der Waals surface area contributed by atoms with Crippen molar-refractivity contribution in [3.8, 4) is 0 Å². The van der Waals surface area contributed by atoms with Gasteiger partial charge in [-0.05, 0) is 60.4 Å². The van der Waals surface area contributed by atoms with Crippen LogP contribution in [0.1, 0.15) is 19.8 Å². The Balaban J connectivity index is 2.13. The van der Waals surface area contributed by atoms with Crippen molar-refractivity contribution in [2.75, 3.05) is 18.4 Å². The molecule has 1 aromatic rings. The number of carbonyl (C=O) groups is 1. The van der Waals surface area contributed by atoms with E-state index in [4.69, 9.17) is 0 Å². The summed E-state index contributed by atoms with van der Waals surface area (Å²) in [6.45, 7) is 3.76. The van der Waals surface area contributed by atoms with Crippen LogP contribution in [0, 0.1) is 5.41 Å². The Labute approximate surface area is 124 Å². The molecular weight excluding hydrogens is 360 g/mol. The van der Waals surface area contributed by atoms with Gasteiger partial charge in [-0.1, -0.05) is 15.9 Å². The fourth-order valence-corrected chi connectivity index (χ4v) is 2.82. The molecule has 1 heterocycles. The number of carbonyl (C=O) groups excluding carboxylic acids is 1. The maximum absolute atomic E-state index is 12.4. The van der Waals surface area contributed by atoms with Crippen LogP contribution in [0.2, 0.25) is 0 Å². The molecular formula is C13H16Br2N2O. The Kier molecular flexibility index (Phi) is 4.45. The SMILES string of the molecule is CC1(C(=O)Nc2cc(Br)ccc2Br)CCCNC1. The normalized spacial score (nSPS) is 23.7. The van der Waals surface area contributed by atoms with Crippen LogP contribution in [0.4, 0.5) is 5.69 Å². The third-order valence-corrected chi connectivity index (χ3v) is 4.51. The molecule has 2 rings (SSSR count). The molecule has 0 aromatic heterocycles. The lowest BCUT2D eigenvalue weighted by atomic mass is 9.82. The first-order valence-electron chi connectivity index (χ1n) is 5.98. The first-order chi connectivity index (χ1) is 8.51. The zero-order valence-electron chi connectivity index (χ0n) is 10.2. The molecule has 1 amide bonds. The van der Waals surface area contributed by atoms with E-state index in [1.165, 1.54) is 0 Å². The quantitative estimate of drug-likeness (QED) is 0.829. The molecule has 0 bridgehead atoms. The number of hydrogen-bond acceptors (Lipinski definition) is 2. The van der Waals surface area contributed by atoms with Gasteiger partial charge in [-0.15, -0.1) is 0 Å². The molecule has 1 fully saturated rings. The van der Waals surface area contributed by atoms with Gasteiger partial charge in [-0.2, -0.15) is 0 Å². The maximum atomic E-state index is 12.4. The molecule has 0 radical (unpaired) electrons. The third-order valence-electron chi connectivity index (χ3n) is 3.32. The van der Waals surface area contributed by atoms with Crippen molar-refractivity contribution >= 4 is 43.5 Å². The van der Waals surface area contributed by atoms with Gasteiger partial charge in [0.15, 0.2) is 0 Å². The van der Waals surface area contributed by atoms with E-state index in [1.54, 1.807) is 0 Å². The van der Waals surface area contributed by atoms with Crippen LogP contribution in [0.15, 0.2) is 27.1 Å². The van der Waals surface area contributed by atoms with Gasteiger partial charge in [-0.25, -0.2) is 0 Å². The van der Waals surface area contributed by atoms with E-state index in [0.717, 1.165) is 40.6 Å². The second-order valence-corrected chi connectivity index (χ2v) is 6.69. The first kappa shape index (κ1) is 14.0. The molecule has 1 saturated heterocycles. The number of anilines is 1. The lowest BCUT2D eigenvalue weighted by Crippen LogP contribution is -2.46. The zero-order valence-corrected chi connectivity index (χ0v) is 13.4. The van der Waals surface area contributed by atoms with E-state index < -0.39 is 0 Å². The first-order valence-corrected chi connectivity index (χ1v) is 7.57. The molecule has 1 aliphatic heterocycles. The molecule has 0 spiro atoms. The van der Waals surface area contributed by atoms with E-state index >= 15 is 0 Å². The fraction of sp³-hybridized carbons (Fsp3) is 0.462. The minimum absolute atomic E-state index is 0.0773. The van der Waals surface area contributed by atoms with Crippen LogP contribution < -0.4 is 10.6 Å². The number of piperidine rings is 1. The molecule has 3 nitrogen and oxygen atoms in total. The van der Waals surface area contributed by atoms with E-state index in [-0.39, 0.29) is 11.3 Å². The van der Waals surface area contributed by atoms with Crippen molar-refractivity contribution < 1.29 is 4.79 Å². The Morgan fingerprint density at radius 2 is 2.22 bits per heavy atom. The van der Waals surface area contributed by atoms with Crippen LogP contribution in [0.25, 0.3) is 0 Å². The van der Waals surface area contributed by atoms with Gasteiger partial charge in [0.05, 0.1) is 11.1 Å². The summed E-state index contributed by atoms with van der Waals surface area (Å²) in [7, 11) is 0. The summed E-state index contributed by atoms with van der Waals surface area (Å²) in [6.07, 6.45) is 1.97. The summed E-state index contributed by atoms with van der Waals surface area (Å²) in [5, 5.41) is 6.29. The summed E-state index contributed by atoms with van der Waals surface area (Å²) in [5.74, 6) is 0.0773. The Bertz CT molecular complexity index is 456. The number of rotatable bonds is 2. The lowest BCUT2D eigenvalue weighted by molar-refractivity contribution is -0.125. The summed E-state index contributed by atoms with van der Waals surface area (Å²) < 4.78 is 1.85. The van der Waals surface area contributed by atoms with E-state index in [0.29, 0.717) is 0 Å². The molecule has 0 aliphatic carbocycles. The lowest BCUT2D eigenvalue weighted by Gasteiger charge is -2.32. The van der Waals surface area contributed by atoms with E-state index in [9.17, 15) is 4.79 Å². The second-order valence-electron chi connectivity index (χ2n) is 4.92. The Morgan fingerprint density at radius 1 is 1.44 bits per heavy atom. The molecule has 1 unspecified atom stereocenters. The molecule has 1 aliphatic rings. The van der Waals surface area contributed by atoms with Crippen molar-refractivity contribution in [2.45, 2.75) is 19.8 Å². The third kappa shape index (κ3) is 3.13.